The maximum Gasteiger partial charge on any atom is 0.191 e. The van der Waals surface area contributed by atoms with Gasteiger partial charge in [0.15, 0.2) is 10.9 Å². The van der Waals surface area contributed by atoms with Crippen molar-refractivity contribution in [2.24, 2.45) is 5.10 Å². The van der Waals surface area contributed by atoms with Crippen LogP contribution in [0.25, 0.3) is 0 Å². The molecular formula is C16H15Cl2N3OS. The molecule has 0 bridgehead atoms. The SMILES string of the molecule is CCOc1c(Cl)cc(/C=N/NC(=S)Nc2ccccc2)cc1Cl. The molecule has 0 amide bonds. The lowest BCUT2D eigenvalue weighted by Crippen LogP contribution is -2.23. The van der Waals surface area contributed by atoms with Crippen LogP contribution in [0, 0.1) is 0 Å². The molecule has 0 atom stereocenters. The lowest BCUT2D eigenvalue weighted by Gasteiger charge is -2.09. The Labute approximate surface area is 150 Å². The first-order chi connectivity index (χ1) is 11.1. The fourth-order valence-electron chi connectivity index (χ4n) is 1.78. The van der Waals surface area contributed by atoms with Gasteiger partial charge in [-0.05, 0) is 49.0 Å². The largest absolute Gasteiger partial charge is 0.491 e. The summed E-state index contributed by atoms with van der Waals surface area (Å²) in [6.07, 6.45) is 1.58. The van der Waals surface area contributed by atoms with Gasteiger partial charge >= 0.3 is 0 Å². The highest BCUT2D eigenvalue weighted by atomic mass is 35.5. The van der Waals surface area contributed by atoms with Crippen LogP contribution in [-0.2, 0) is 0 Å². The zero-order valence-corrected chi connectivity index (χ0v) is 14.7. The Morgan fingerprint density at radius 3 is 2.48 bits per heavy atom. The zero-order chi connectivity index (χ0) is 16.7. The molecule has 2 N–H and O–H groups in total. The minimum Gasteiger partial charge on any atom is -0.491 e. The summed E-state index contributed by atoms with van der Waals surface area (Å²) in [5.74, 6) is 0.474. The first-order valence-corrected chi connectivity index (χ1v) is 8.03. The highest BCUT2D eigenvalue weighted by molar-refractivity contribution is 7.80. The van der Waals surface area contributed by atoms with Gasteiger partial charge < -0.3 is 10.1 Å². The lowest BCUT2D eigenvalue weighted by molar-refractivity contribution is 0.340. The summed E-state index contributed by atoms with van der Waals surface area (Å²) >= 11 is 17.4. The van der Waals surface area contributed by atoms with Crippen LogP contribution in [0.5, 0.6) is 5.75 Å². The van der Waals surface area contributed by atoms with Gasteiger partial charge in [0.05, 0.1) is 22.9 Å². The first-order valence-electron chi connectivity index (χ1n) is 6.87. The normalized spacial score (nSPS) is 10.6. The Hall–Kier alpha value is -1.82. The molecule has 0 saturated carbocycles. The molecule has 0 spiro atoms. The molecule has 2 aromatic rings. The van der Waals surface area contributed by atoms with Crippen molar-refractivity contribution in [1.29, 1.82) is 0 Å². The molecule has 4 nitrogen and oxygen atoms in total. The van der Waals surface area contributed by atoms with Gasteiger partial charge in [0.25, 0.3) is 0 Å². The van der Waals surface area contributed by atoms with Gasteiger partial charge in [-0.25, -0.2) is 0 Å². The summed E-state index contributed by atoms with van der Waals surface area (Å²) in [4.78, 5) is 0. The second-order valence-corrected chi connectivity index (χ2v) is 5.66. The molecular weight excluding hydrogens is 353 g/mol. The number of ether oxygens (including phenoxy) is 1. The van der Waals surface area contributed by atoms with Crippen molar-refractivity contribution >= 4 is 52.4 Å². The fourth-order valence-corrected chi connectivity index (χ4v) is 2.57. The van der Waals surface area contributed by atoms with Crippen molar-refractivity contribution in [2.75, 3.05) is 11.9 Å². The first kappa shape index (κ1) is 17.5. The highest BCUT2D eigenvalue weighted by Crippen LogP contribution is 2.33. The van der Waals surface area contributed by atoms with E-state index in [1.54, 1.807) is 18.3 Å². The van der Waals surface area contributed by atoms with Gasteiger partial charge in [-0.2, -0.15) is 5.10 Å². The number of nitrogens with one attached hydrogen (secondary N) is 2. The van der Waals surface area contributed by atoms with E-state index in [0.717, 1.165) is 11.3 Å². The molecule has 0 aliphatic heterocycles. The molecule has 2 rings (SSSR count). The van der Waals surface area contributed by atoms with Gasteiger partial charge in [-0.15, -0.1) is 0 Å². The maximum atomic E-state index is 6.13. The number of rotatable bonds is 5. The van der Waals surface area contributed by atoms with Crippen molar-refractivity contribution in [1.82, 2.24) is 5.43 Å². The van der Waals surface area contributed by atoms with E-state index < -0.39 is 0 Å². The molecule has 0 aliphatic carbocycles. The average molecular weight is 368 g/mol. The van der Waals surface area contributed by atoms with E-state index >= 15 is 0 Å². The average Bonchev–Trinajstić information content (AvgIpc) is 2.52. The Bertz CT molecular complexity index is 685. The maximum absolute atomic E-state index is 6.13. The summed E-state index contributed by atoms with van der Waals surface area (Å²) in [5.41, 5.74) is 4.35. The van der Waals surface area contributed by atoms with Crippen molar-refractivity contribution in [3.05, 3.63) is 58.1 Å². The molecule has 0 saturated heterocycles. The summed E-state index contributed by atoms with van der Waals surface area (Å²) < 4.78 is 5.38. The standard InChI is InChI=1S/C16H15Cl2N3OS/c1-2-22-15-13(17)8-11(9-14(15)18)10-19-21-16(23)20-12-6-4-3-5-7-12/h3-10H,2H2,1H3,(H2,20,21,23)/b19-10+. The number of hydrogen-bond acceptors (Lipinski definition) is 3. The van der Waals surface area contributed by atoms with Gasteiger partial charge in [-0.3, -0.25) is 5.43 Å². The van der Waals surface area contributed by atoms with Crippen LogP contribution >= 0.6 is 35.4 Å². The van der Waals surface area contributed by atoms with Crippen molar-refractivity contribution in [2.45, 2.75) is 6.92 Å². The zero-order valence-electron chi connectivity index (χ0n) is 12.3. The molecule has 0 radical (unpaired) electrons. The van der Waals surface area contributed by atoms with Crippen LogP contribution in [0.1, 0.15) is 12.5 Å². The summed E-state index contributed by atoms with van der Waals surface area (Å²) in [5, 5.41) is 8.33. The van der Waals surface area contributed by atoms with Crippen LogP contribution in [0.4, 0.5) is 5.69 Å². The number of para-hydroxylation sites is 1. The number of hydrogen-bond donors (Lipinski definition) is 2. The third-order valence-electron chi connectivity index (χ3n) is 2.72. The monoisotopic (exact) mass is 367 g/mol. The van der Waals surface area contributed by atoms with E-state index in [4.69, 9.17) is 40.2 Å². The molecule has 23 heavy (non-hydrogen) atoms. The van der Waals surface area contributed by atoms with E-state index in [1.807, 2.05) is 37.3 Å². The van der Waals surface area contributed by atoms with Gasteiger partial charge in [0.1, 0.15) is 0 Å². The van der Waals surface area contributed by atoms with E-state index in [-0.39, 0.29) is 0 Å². The van der Waals surface area contributed by atoms with Gasteiger partial charge in [0.2, 0.25) is 0 Å². The topological polar surface area (TPSA) is 45.6 Å². The second kappa shape index (κ2) is 8.72. The predicted octanol–water partition coefficient (Wildman–Crippen LogP) is 4.71. The van der Waals surface area contributed by atoms with Gasteiger partial charge in [-0.1, -0.05) is 41.4 Å². The van der Waals surface area contributed by atoms with Gasteiger partial charge in [0, 0.05) is 5.69 Å². The van der Waals surface area contributed by atoms with Crippen LogP contribution in [0.2, 0.25) is 10.0 Å². The molecule has 7 heteroatoms. The van der Waals surface area contributed by atoms with Crippen molar-refractivity contribution in [3.63, 3.8) is 0 Å². The molecule has 0 unspecified atom stereocenters. The molecule has 0 fully saturated rings. The summed E-state index contributed by atoms with van der Waals surface area (Å²) in [6.45, 7) is 2.36. The number of benzene rings is 2. The van der Waals surface area contributed by atoms with Crippen LogP contribution in [0.15, 0.2) is 47.6 Å². The summed E-state index contributed by atoms with van der Waals surface area (Å²) in [6, 6.07) is 13.0. The second-order valence-electron chi connectivity index (χ2n) is 4.44. The third kappa shape index (κ3) is 5.39. The lowest BCUT2D eigenvalue weighted by atomic mass is 10.2. The minimum absolute atomic E-state index is 0.385. The molecule has 2 aromatic carbocycles. The number of halogens is 2. The number of hydrazone groups is 1. The number of nitrogens with zero attached hydrogens (tertiary/aromatic N) is 1. The molecule has 0 heterocycles. The van der Waals surface area contributed by atoms with Crippen LogP contribution < -0.4 is 15.5 Å². The Balaban J connectivity index is 1.96. The van der Waals surface area contributed by atoms with Crippen LogP contribution in [0.3, 0.4) is 0 Å². The molecule has 0 aromatic heterocycles. The van der Waals surface area contributed by atoms with E-state index in [9.17, 15) is 0 Å². The van der Waals surface area contributed by atoms with Crippen molar-refractivity contribution < 1.29 is 4.74 Å². The Morgan fingerprint density at radius 1 is 1.22 bits per heavy atom. The smallest absolute Gasteiger partial charge is 0.191 e. The number of thiocarbonyl (C=S) groups is 1. The minimum atomic E-state index is 0.385. The highest BCUT2D eigenvalue weighted by Gasteiger charge is 2.08. The Morgan fingerprint density at radius 2 is 1.87 bits per heavy atom. The molecule has 120 valence electrons. The predicted molar refractivity (Wildman–Crippen MR) is 101 cm³/mol. The summed E-state index contributed by atoms with van der Waals surface area (Å²) in [7, 11) is 0. The quantitative estimate of drug-likeness (QED) is 0.456. The fraction of sp³-hybridized carbons (Fsp3) is 0.125. The van der Waals surface area contributed by atoms with E-state index in [1.165, 1.54) is 0 Å². The molecule has 0 aliphatic rings. The van der Waals surface area contributed by atoms with Crippen LogP contribution in [-0.4, -0.2) is 17.9 Å². The van der Waals surface area contributed by atoms with Crippen molar-refractivity contribution in [3.8, 4) is 5.75 Å². The third-order valence-corrected chi connectivity index (χ3v) is 3.48. The van der Waals surface area contributed by atoms with E-state index in [2.05, 4.69) is 15.8 Å². The Kier molecular flexibility index (Phi) is 6.65. The van der Waals surface area contributed by atoms with E-state index in [0.29, 0.717) is 27.5 Å². The number of anilines is 1.